The van der Waals surface area contributed by atoms with E-state index in [-0.39, 0.29) is 12.4 Å². The molecule has 3 aromatic rings. The second-order valence-electron chi connectivity index (χ2n) is 5.65. The van der Waals surface area contributed by atoms with Crippen LogP contribution >= 0.6 is 23.2 Å². The van der Waals surface area contributed by atoms with Gasteiger partial charge in [-0.15, -0.1) is 0 Å². The van der Waals surface area contributed by atoms with Crippen LogP contribution in [-0.4, -0.2) is 18.3 Å². The number of hydrogen-bond donors (Lipinski definition) is 1. The molecule has 0 radical (unpaired) electrons. The van der Waals surface area contributed by atoms with Gasteiger partial charge in [-0.05, 0) is 30.3 Å². The fraction of sp³-hybridized carbons (Fsp3) is 0.0476. The molecular formula is C21H15Cl2NO3. The zero-order chi connectivity index (χ0) is 19.2. The standard InChI is InChI=1S/C21H15Cl2NO3/c22-15-10-11-19(17(23)12-15)27-13-20(25)24-18-9-5-4-8-16(18)21(26)14-6-2-1-3-7-14/h1-12H,13H2,(H,24,25). The lowest BCUT2D eigenvalue weighted by Gasteiger charge is -2.12. The highest BCUT2D eigenvalue weighted by molar-refractivity contribution is 6.35. The number of rotatable bonds is 6. The molecule has 6 heteroatoms. The summed E-state index contributed by atoms with van der Waals surface area (Å²) in [6.45, 7) is -0.255. The molecule has 0 heterocycles. The molecule has 0 aromatic heterocycles. The molecule has 0 atom stereocenters. The molecular weight excluding hydrogens is 385 g/mol. The van der Waals surface area contributed by atoms with E-state index in [4.69, 9.17) is 27.9 Å². The molecule has 3 aromatic carbocycles. The zero-order valence-electron chi connectivity index (χ0n) is 14.1. The maximum Gasteiger partial charge on any atom is 0.262 e. The maximum atomic E-state index is 12.7. The predicted molar refractivity (Wildman–Crippen MR) is 107 cm³/mol. The van der Waals surface area contributed by atoms with Crippen LogP contribution in [0, 0.1) is 0 Å². The van der Waals surface area contributed by atoms with Crippen LogP contribution in [0.1, 0.15) is 15.9 Å². The number of nitrogens with one attached hydrogen (secondary N) is 1. The molecule has 4 nitrogen and oxygen atoms in total. The number of benzene rings is 3. The largest absolute Gasteiger partial charge is 0.482 e. The highest BCUT2D eigenvalue weighted by Crippen LogP contribution is 2.27. The van der Waals surface area contributed by atoms with Gasteiger partial charge in [-0.1, -0.05) is 65.7 Å². The quantitative estimate of drug-likeness (QED) is 0.576. The Kier molecular flexibility index (Phi) is 6.12. The van der Waals surface area contributed by atoms with Crippen molar-refractivity contribution in [2.45, 2.75) is 0 Å². The summed E-state index contributed by atoms with van der Waals surface area (Å²) in [6.07, 6.45) is 0. The Labute approximate surface area is 166 Å². The summed E-state index contributed by atoms with van der Waals surface area (Å²) in [7, 11) is 0. The number of ketones is 1. The van der Waals surface area contributed by atoms with E-state index < -0.39 is 5.91 Å². The first-order chi connectivity index (χ1) is 13.0. The van der Waals surface area contributed by atoms with Gasteiger partial charge in [0.05, 0.1) is 10.7 Å². The Morgan fingerprint density at radius 1 is 0.889 bits per heavy atom. The molecule has 0 unspecified atom stereocenters. The van der Waals surface area contributed by atoms with Gasteiger partial charge in [0.2, 0.25) is 0 Å². The molecule has 0 bridgehead atoms. The van der Waals surface area contributed by atoms with Crippen LogP contribution in [0.5, 0.6) is 5.75 Å². The van der Waals surface area contributed by atoms with Gasteiger partial charge in [-0.25, -0.2) is 0 Å². The van der Waals surface area contributed by atoms with E-state index in [0.717, 1.165) is 0 Å². The molecule has 27 heavy (non-hydrogen) atoms. The third-order valence-corrected chi connectivity index (χ3v) is 4.26. The predicted octanol–water partition coefficient (Wildman–Crippen LogP) is 5.24. The van der Waals surface area contributed by atoms with Crippen LogP contribution in [0.15, 0.2) is 72.8 Å². The molecule has 136 valence electrons. The smallest absolute Gasteiger partial charge is 0.262 e. The number of amides is 1. The minimum atomic E-state index is -0.408. The molecule has 0 saturated heterocycles. The van der Waals surface area contributed by atoms with Gasteiger partial charge in [0.1, 0.15) is 5.75 Å². The van der Waals surface area contributed by atoms with Crippen molar-refractivity contribution in [2.75, 3.05) is 11.9 Å². The van der Waals surface area contributed by atoms with Crippen molar-refractivity contribution in [2.24, 2.45) is 0 Å². The summed E-state index contributed by atoms with van der Waals surface area (Å²) in [5, 5.41) is 3.50. The number of hydrogen-bond acceptors (Lipinski definition) is 3. The van der Waals surface area contributed by atoms with Gasteiger partial charge < -0.3 is 10.1 Å². The fourth-order valence-electron chi connectivity index (χ4n) is 2.46. The van der Waals surface area contributed by atoms with Crippen molar-refractivity contribution >= 4 is 40.6 Å². The van der Waals surface area contributed by atoms with E-state index in [1.165, 1.54) is 6.07 Å². The first-order valence-corrected chi connectivity index (χ1v) is 8.86. The van der Waals surface area contributed by atoms with Gasteiger partial charge in [-0.3, -0.25) is 9.59 Å². The van der Waals surface area contributed by atoms with Crippen molar-refractivity contribution in [1.29, 1.82) is 0 Å². The molecule has 1 amide bonds. The van der Waals surface area contributed by atoms with E-state index in [1.807, 2.05) is 6.07 Å². The van der Waals surface area contributed by atoms with Gasteiger partial charge in [0.25, 0.3) is 5.91 Å². The molecule has 0 saturated carbocycles. The molecule has 1 N–H and O–H groups in total. The van der Waals surface area contributed by atoms with Gasteiger partial charge in [-0.2, -0.15) is 0 Å². The van der Waals surface area contributed by atoms with E-state index in [0.29, 0.717) is 32.6 Å². The summed E-state index contributed by atoms with van der Waals surface area (Å²) in [5.41, 5.74) is 1.37. The lowest BCUT2D eigenvalue weighted by atomic mass is 10.0. The first kappa shape index (κ1) is 19.0. The van der Waals surface area contributed by atoms with Crippen LogP contribution in [0.4, 0.5) is 5.69 Å². The molecule has 0 fully saturated rings. The average molecular weight is 400 g/mol. The number of anilines is 1. The highest BCUT2D eigenvalue weighted by Gasteiger charge is 2.15. The Bertz CT molecular complexity index is 974. The Balaban J connectivity index is 1.70. The lowest BCUT2D eigenvalue weighted by molar-refractivity contribution is -0.118. The van der Waals surface area contributed by atoms with Crippen LogP contribution in [-0.2, 0) is 4.79 Å². The monoisotopic (exact) mass is 399 g/mol. The number of para-hydroxylation sites is 1. The molecule has 0 spiro atoms. The van der Waals surface area contributed by atoms with Gasteiger partial charge in [0, 0.05) is 16.1 Å². The lowest BCUT2D eigenvalue weighted by Crippen LogP contribution is -2.21. The summed E-state index contributed by atoms with van der Waals surface area (Å²) < 4.78 is 5.42. The van der Waals surface area contributed by atoms with Gasteiger partial charge in [0.15, 0.2) is 12.4 Å². The molecule has 3 rings (SSSR count). The van der Waals surface area contributed by atoms with Crippen molar-refractivity contribution < 1.29 is 14.3 Å². The maximum absolute atomic E-state index is 12.7. The van der Waals surface area contributed by atoms with Crippen LogP contribution in [0.2, 0.25) is 10.0 Å². The molecule has 0 aliphatic rings. The van der Waals surface area contributed by atoms with Crippen molar-refractivity contribution in [3.63, 3.8) is 0 Å². The van der Waals surface area contributed by atoms with Crippen LogP contribution < -0.4 is 10.1 Å². The zero-order valence-corrected chi connectivity index (χ0v) is 15.6. The molecule has 0 aliphatic carbocycles. The minimum absolute atomic E-state index is 0.173. The van der Waals surface area contributed by atoms with Crippen LogP contribution in [0.3, 0.4) is 0 Å². The van der Waals surface area contributed by atoms with Gasteiger partial charge >= 0.3 is 0 Å². The number of halogens is 2. The minimum Gasteiger partial charge on any atom is -0.482 e. The van der Waals surface area contributed by atoms with Crippen LogP contribution in [0.25, 0.3) is 0 Å². The van der Waals surface area contributed by atoms with Crippen molar-refractivity contribution in [3.05, 3.63) is 94.0 Å². The third kappa shape index (κ3) is 4.88. The second kappa shape index (κ2) is 8.71. The fourth-order valence-corrected chi connectivity index (χ4v) is 2.92. The average Bonchev–Trinajstić information content (AvgIpc) is 2.68. The Morgan fingerprint density at radius 2 is 1.59 bits per heavy atom. The highest BCUT2D eigenvalue weighted by atomic mass is 35.5. The Morgan fingerprint density at radius 3 is 2.33 bits per heavy atom. The second-order valence-corrected chi connectivity index (χ2v) is 6.50. The summed E-state index contributed by atoms with van der Waals surface area (Å²) in [6, 6.07) is 20.4. The Hall–Kier alpha value is -2.82. The number of carbonyl (C=O) groups excluding carboxylic acids is 2. The molecule has 0 aliphatic heterocycles. The van der Waals surface area contributed by atoms with E-state index in [2.05, 4.69) is 5.32 Å². The van der Waals surface area contributed by atoms with E-state index in [9.17, 15) is 9.59 Å². The number of carbonyl (C=O) groups is 2. The van der Waals surface area contributed by atoms with E-state index >= 15 is 0 Å². The van der Waals surface area contributed by atoms with Crippen molar-refractivity contribution in [3.8, 4) is 5.75 Å². The number of ether oxygens (including phenoxy) is 1. The van der Waals surface area contributed by atoms with Crippen molar-refractivity contribution in [1.82, 2.24) is 0 Å². The summed E-state index contributed by atoms with van der Waals surface area (Å²) >= 11 is 11.9. The topological polar surface area (TPSA) is 55.4 Å². The third-order valence-electron chi connectivity index (χ3n) is 3.73. The van der Waals surface area contributed by atoms with E-state index in [1.54, 1.807) is 60.7 Å². The summed E-state index contributed by atoms with van der Waals surface area (Å²) in [4.78, 5) is 25.0. The SMILES string of the molecule is O=C(COc1ccc(Cl)cc1Cl)Nc1ccccc1C(=O)c1ccccc1. The summed E-state index contributed by atoms with van der Waals surface area (Å²) in [5.74, 6) is -0.229. The first-order valence-electron chi connectivity index (χ1n) is 8.11. The normalized spacial score (nSPS) is 10.3.